The van der Waals surface area contributed by atoms with Gasteiger partial charge in [0.25, 0.3) is 0 Å². The van der Waals surface area contributed by atoms with Gasteiger partial charge in [-0.2, -0.15) is 0 Å². The Bertz CT molecular complexity index is 1480. The second-order valence-electron chi connectivity index (χ2n) is 10.1. The zero-order valence-corrected chi connectivity index (χ0v) is 25.7. The molecule has 0 atom stereocenters. The molecule has 0 radical (unpaired) electrons. The van der Waals surface area contributed by atoms with Crippen molar-refractivity contribution in [3.05, 3.63) is 91.4 Å². The van der Waals surface area contributed by atoms with Gasteiger partial charge in [-0.15, -0.1) is 0 Å². The molecular weight excluding hydrogens is 647 g/mol. The molecule has 0 saturated heterocycles. The zero-order valence-electron chi connectivity index (χ0n) is 22.2. The molecule has 0 N–H and O–H groups in total. The van der Waals surface area contributed by atoms with E-state index in [4.69, 9.17) is 0 Å². The Morgan fingerprint density at radius 3 is 1.08 bits per heavy atom. The van der Waals surface area contributed by atoms with E-state index in [-0.39, 0.29) is 0 Å². The number of hydrogen-bond acceptors (Lipinski definition) is 0. The SMILES string of the molecule is CCCn1ccc2c[c]([Bi]([c]3ccc4c(ccn4CCC)c3)[c]3ccc4c(ccn4CCC)c3)ccc21. The van der Waals surface area contributed by atoms with Crippen LogP contribution in [0.25, 0.3) is 32.7 Å². The molecular formula is C33H36BiN3. The standard InChI is InChI=1S/3C11H12N.Bi/c3*1-2-8-12-9-7-10-5-3-4-6-11(10)12;/h3*4-7,9H,2,8H2,1H3;. The summed E-state index contributed by atoms with van der Waals surface area (Å²) in [6.07, 6.45) is 10.2. The summed E-state index contributed by atoms with van der Waals surface area (Å²) in [6.45, 7) is 9.98. The van der Waals surface area contributed by atoms with Crippen LogP contribution in [0.2, 0.25) is 0 Å². The van der Waals surface area contributed by atoms with E-state index in [9.17, 15) is 0 Å². The Hall–Kier alpha value is -2.84. The zero-order chi connectivity index (χ0) is 25.4. The Labute approximate surface area is 228 Å². The first-order valence-electron chi connectivity index (χ1n) is 13.8. The van der Waals surface area contributed by atoms with Crippen molar-refractivity contribution < 1.29 is 0 Å². The summed E-state index contributed by atoms with van der Waals surface area (Å²) < 4.78 is 11.8. The monoisotopic (exact) mass is 683 g/mol. The van der Waals surface area contributed by atoms with Gasteiger partial charge in [0.1, 0.15) is 0 Å². The van der Waals surface area contributed by atoms with E-state index in [0.717, 1.165) is 38.9 Å². The van der Waals surface area contributed by atoms with Gasteiger partial charge in [0.2, 0.25) is 0 Å². The van der Waals surface area contributed by atoms with Crippen LogP contribution in [0.15, 0.2) is 91.4 Å². The number of fused-ring (bicyclic) bond motifs is 3. The molecule has 0 fully saturated rings. The van der Waals surface area contributed by atoms with Gasteiger partial charge in [-0.05, 0) is 0 Å². The normalized spacial score (nSPS) is 12.0. The average molecular weight is 684 g/mol. The van der Waals surface area contributed by atoms with E-state index in [1.807, 2.05) is 0 Å². The molecule has 0 spiro atoms. The third kappa shape index (κ3) is 4.55. The molecule has 0 aliphatic rings. The summed E-state index contributed by atoms with van der Waals surface area (Å²) in [5, 5.41) is 4.11. The number of aromatic nitrogens is 3. The predicted octanol–water partition coefficient (Wildman–Crippen LogP) is 6.30. The summed E-state index contributed by atoms with van der Waals surface area (Å²) in [7, 11) is 0. The topological polar surface area (TPSA) is 14.8 Å². The van der Waals surface area contributed by atoms with E-state index in [1.165, 1.54) is 32.7 Å². The van der Waals surface area contributed by atoms with Crippen LogP contribution in [-0.4, -0.2) is 35.5 Å². The first-order valence-corrected chi connectivity index (χ1v) is 19.0. The molecule has 3 aromatic carbocycles. The molecule has 3 aromatic heterocycles. The summed E-state index contributed by atoms with van der Waals surface area (Å²) in [5.74, 6) is 0. The first-order chi connectivity index (χ1) is 18.2. The average Bonchev–Trinajstić information content (AvgIpc) is 3.62. The van der Waals surface area contributed by atoms with E-state index in [0.29, 0.717) is 0 Å². The number of rotatable bonds is 9. The van der Waals surface area contributed by atoms with Crippen molar-refractivity contribution >= 4 is 64.3 Å². The molecule has 0 bridgehead atoms. The van der Waals surface area contributed by atoms with Crippen molar-refractivity contribution in [3.63, 3.8) is 0 Å². The number of nitrogens with zero attached hydrogens (tertiary/aromatic N) is 3. The third-order valence-electron chi connectivity index (χ3n) is 7.43. The van der Waals surface area contributed by atoms with Crippen molar-refractivity contribution in [1.29, 1.82) is 0 Å². The second-order valence-corrected chi connectivity index (χ2v) is 18.7. The van der Waals surface area contributed by atoms with Crippen molar-refractivity contribution in [1.82, 2.24) is 13.7 Å². The predicted molar refractivity (Wildman–Crippen MR) is 161 cm³/mol. The van der Waals surface area contributed by atoms with Crippen LogP contribution in [0.4, 0.5) is 0 Å². The van der Waals surface area contributed by atoms with Crippen LogP contribution < -0.4 is 9.81 Å². The van der Waals surface area contributed by atoms with E-state index >= 15 is 0 Å². The molecule has 188 valence electrons. The van der Waals surface area contributed by atoms with Gasteiger partial charge in [-0.25, -0.2) is 0 Å². The molecule has 0 saturated carbocycles. The van der Waals surface area contributed by atoms with Crippen LogP contribution in [0, 0.1) is 0 Å². The van der Waals surface area contributed by atoms with Gasteiger partial charge in [-0.1, -0.05) is 0 Å². The molecule has 0 aliphatic carbocycles. The maximum absolute atomic E-state index is 2.55. The van der Waals surface area contributed by atoms with Crippen molar-refractivity contribution in [2.75, 3.05) is 0 Å². The summed E-state index contributed by atoms with van der Waals surface area (Å²) in [5.41, 5.74) is 4.07. The summed E-state index contributed by atoms with van der Waals surface area (Å²) in [6, 6.07) is 28.8. The van der Waals surface area contributed by atoms with Crippen LogP contribution in [-0.2, 0) is 19.6 Å². The van der Waals surface area contributed by atoms with Gasteiger partial charge in [0.15, 0.2) is 0 Å². The molecule has 0 unspecified atom stereocenters. The molecule has 0 aliphatic heterocycles. The van der Waals surface area contributed by atoms with Crippen LogP contribution in [0.3, 0.4) is 0 Å². The molecule has 37 heavy (non-hydrogen) atoms. The van der Waals surface area contributed by atoms with Gasteiger partial charge < -0.3 is 0 Å². The summed E-state index contributed by atoms with van der Waals surface area (Å²) in [4.78, 5) is 0. The second kappa shape index (κ2) is 10.5. The molecule has 3 nitrogen and oxygen atoms in total. The molecule has 6 aromatic rings. The van der Waals surface area contributed by atoms with E-state index < -0.39 is 21.8 Å². The molecule has 0 amide bonds. The molecule has 4 heteroatoms. The maximum atomic E-state index is 2.50. The van der Waals surface area contributed by atoms with Crippen LogP contribution in [0.1, 0.15) is 40.0 Å². The quantitative estimate of drug-likeness (QED) is 0.159. The Morgan fingerprint density at radius 1 is 0.459 bits per heavy atom. The number of aryl methyl sites for hydroxylation is 3. The first kappa shape index (κ1) is 24.5. The van der Waals surface area contributed by atoms with Crippen molar-refractivity contribution in [2.45, 2.75) is 59.7 Å². The van der Waals surface area contributed by atoms with Gasteiger partial charge in [-0.3, -0.25) is 0 Å². The number of benzene rings is 3. The molecule has 6 rings (SSSR count). The Morgan fingerprint density at radius 2 is 0.784 bits per heavy atom. The minimum absolute atomic E-state index is 1.08. The van der Waals surface area contributed by atoms with E-state index in [2.05, 4.69) is 126 Å². The van der Waals surface area contributed by atoms with Gasteiger partial charge in [0.05, 0.1) is 0 Å². The molecule has 3 heterocycles. The van der Waals surface area contributed by atoms with Crippen molar-refractivity contribution in [2.24, 2.45) is 0 Å². The fourth-order valence-electron chi connectivity index (χ4n) is 5.73. The number of hydrogen-bond donors (Lipinski definition) is 0. The fraction of sp³-hybridized carbons (Fsp3) is 0.273. The third-order valence-corrected chi connectivity index (χ3v) is 16.7. The van der Waals surface area contributed by atoms with Gasteiger partial charge in [0, 0.05) is 0 Å². The Balaban J connectivity index is 1.50. The van der Waals surface area contributed by atoms with Gasteiger partial charge >= 0.3 is 229 Å². The van der Waals surface area contributed by atoms with E-state index in [1.54, 1.807) is 9.81 Å². The van der Waals surface area contributed by atoms with Crippen LogP contribution >= 0.6 is 0 Å². The minimum atomic E-state index is -2.55. The Kier molecular flexibility index (Phi) is 6.95. The van der Waals surface area contributed by atoms with Crippen molar-refractivity contribution in [3.8, 4) is 0 Å². The van der Waals surface area contributed by atoms with Crippen LogP contribution in [0.5, 0.6) is 0 Å². The summed E-state index contributed by atoms with van der Waals surface area (Å²) >= 11 is -2.55. The fourth-order valence-corrected chi connectivity index (χ4v) is 14.9.